The van der Waals surface area contributed by atoms with E-state index in [0.29, 0.717) is 13.0 Å². The molecule has 1 unspecified atom stereocenters. The number of aromatic nitrogens is 2. The van der Waals surface area contributed by atoms with E-state index in [0.717, 1.165) is 29.1 Å². The van der Waals surface area contributed by atoms with Gasteiger partial charge < -0.3 is 9.47 Å². The molecule has 0 bridgehead atoms. The molecule has 1 atom stereocenters. The van der Waals surface area contributed by atoms with Crippen molar-refractivity contribution in [3.63, 3.8) is 0 Å². The first-order valence-electron chi connectivity index (χ1n) is 11.3. The highest BCUT2D eigenvalue weighted by molar-refractivity contribution is 5.96. The summed E-state index contributed by atoms with van der Waals surface area (Å²) < 4.78 is 2.33. The minimum atomic E-state index is 0.0715. The van der Waals surface area contributed by atoms with Crippen molar-refractivity contribution >= 4 is 22.6 Å². The van der Waals surface area contributed by atoms with E-state index in [-0.39, 0.29) is 11.8 Å². The molecule has 0 aliphatic carbocycles. The van der Waals surface area contributed by atoms with E-state index in [4.69, 9.17) is 4.98 Å². The van der Waals surface area contributed by atoms with Crippen molar-refractivity contribution in [2.45, 2.75) is 46.6 Å². The lowest BCUT2D eigenvalue weighted by Crippen LogP contribution is -2.24. The van der Waals surface area contributed by atoms with Gasteiger partial charge in [0.2, 0.25) is 5.91 Å². The predicted octanol–water partition coefficient (Wildman–Crippen LogP) is 5.84. The molecule has 4 aromatic rings. The van der Waals surface area contributed by atoms with Crippen molar-refractivity contribution in [1.82, 2.24) is 9.55 Å². The van der Waals surface area contributed by atoms with E-state index in [1.165, 1.54) is 27.8 Å². The number of para-hydroxylation sites is 2. The molecule has 2 heterocycles. The monoisotopic (exact) mass is 423 g/mol. The highest BCUT2D eigenvalue weighted by Crippen LogP contribution is 2.34. The summed E-state index contributed by atoms with van der Waals surface area (Å²) in [4.78, 5) is 19.9. The number of carbonyl (C=O) groups excluding carboxylic acids is 1. The minimum absolute atomic E-state index is 0.0715. The first kappa shape index (κ1) is 20.5. The lowest BCUT2D eigenvalue weighted by molar-refractivity contribution is -0.117. The number of anilines is 1. The number of amides is 1. The summed E-state index contributed by atoms with van der Waals surface area (Å²) in [5.41, 5.74) is 9.51. The average Bonchev–Trinajstić information content (AvgIpc) is 3.32. The maximum absolute atomic E-state index is 13.0. The van der Waals surface area contributed by atoms with Gasteiger partial charge in [-0.05, 0) is 68.7 Å². The quantitative estimate of drug-likeness (QED) is 0.414. The third-order valence-electron chi connectivity index (χ3n) is 6.68. The van der Waals surface area contributed by atoms with Crippen LogP contribution in [-0.4, -0.2) is 22.0 Å². The average molecular weight is 424 g/mol. The van der Waals surface area contributed by atoms with Crippen LogP contribution in [0.25, 0.3) is 11.0 Å². The van der Waals surface area contributed by atoms with E-state index in [1.54, 1.807) is 0 Å². The van der Waals surface area contributed by atoms with Gasteiger partial charge in [0.25, 0.3) is 0 Å². The van der Waals surface area contributed by atoms with Crippen molar-refractivity contribution in [3.05, 3.63) is 94.3 Å². The standard InChI is InChI=1S/C28H29N3O/c1-18-9-11-23(12-10-18)30-16-22(15-27(30)32)28-29-25-7-5-6-8-26(25)31(28)17-24-20(3)13-19(2)14-21(24)4/h5-14,22H,15-17H2,1-4H3. The molecule has 1 fully saturated rings. The summed E-state index contributed by atoms with van der Waals surface area (Å²) in [6.07, 6.45) is 0.489. The topological polar surface area (TPSA) is 38.1 Å². The zero-order valence-electron chi connectivity index (χ0n) is 19.2. The molecule has 4 heteroatoms. The van der Waals surface area contributed by atoms with Crippen LogP contribution in [0.5, 0.6) is 0 Å². The molecular weight excluding hydrogens is 394 g/mol. The van der Waals surface area contributed by atoms with E-state index in [1.807, 2.05) is 23.1 Å². The second kappa shape index (κ2) is 7.94. The second-order valence-corrected chi connectivity index (χ2v) is 9.16. The molecule has 5 rings (SSSR count). The molecule has 162 valence electrons. The van der Waals surface area contributed by atoms with Crippen molar-refractivity contribution < 1.29 is 4.79 Å². The van der Waals surface area contributed by atoms with Crippen LogP contribution >= 0.6 is 0 Å². The summed E-state index contributed by atoms with van der Waals surface area (Å²) in [5, 5.41) is 0. The van der Waals surface area contributed by atoms with Gasteiger partial charge in [0.15, 0.2) is 0 Å². The lowest BCUT2D eigenvalue weighted by Gasteiger charge is -2.19. The first-order valence-corrected chi connectivity index (χ1v) is 11.3. The number of hydrogen-bond acceptors (Lipinski definition) is 2. The van der Waals surface area contributed by atoms with Crippen LogP contribution in [0.15, 0.2) is 60.7 Å². The Morgan fingerprint density at radius 2 is 1.59 bits per heavy atom. The maximum atomic E-state index is 13.0. The van der Waals surface area contributed by atoms with Gasteiger partial charge in [0.1, 0.15) is 5.82 Å². The number of hydrogen-bond donors (Lipinski definition) is 0. The smallest absolute Gasteiger partial charge is 0.227 e. The van der Waals surface area contributed by atoms with Gasteiger partial charge in [-0.2, -0.15) is 0 Å². The normalized spacial score (nSPS) is 16.3. The van der Waals surface area contributed by atoms with Gasteiger partial charge in [0.05, 0.1) is 11.0 Å². The molecule has 1 aromatic heterocycles. The fourth-order valence-corrected chi connectivity index (χ4v) is 5.04. The fourth-order valence-electron chi connectivity index (χ4n) is 5.04. The molecule has 1 saturated heterocycles. The van der Waals surface area contributed by atoms with Gasteiger partial charge in [0, 0.05) is 31.1 Å². The van der Waals surface area contributed by atoms with Crippen molar-refractivity contribution in [2.75, 3.05) is 11.4 Å². The van der Waals surface area contributed by atoms with E-state index in [2.05, 4.69) is 74.7 Å². The maximum Gasteiger partial charge on any atom is 0.227 e. The summed E-state index contributed by atoms with van der Waals surface area (Å²) in [6, 6.07) is 21.0. The Balaban J connectivity index is 1.55. The number of benzene rings is 3. The number of aryl methyl sites for hydroxylation is 4. The van der Waals surface area contributed by atoms with Gasteiger partial charge in [-0.25, -0.2) is 4.98 Å². The van der Waals surface area contributed by atoms with Gasteiger partial charge >= 0.3 is 0 Å². The number of rotatable bonds is 4. The van der Waals surface area contributed by atoms with Crippen LogP contribution in [0.4, 0.5) is 5.69 Å². The zero-order valence-corrected chi connectivity index (χ0v) is 19.2. The Morgan fingerprint density at radius 3 is 2.31 bits per heavy atom. The number of carbonyl (C=O) groups is 1. The third-order valence-corrected chi connectivity index (χ3v) is 6.68. The van der Waals surface area contributed by atoms with Crippen molar-refractivity contribution in [3.8, 4) is 0 Å². The van der Waals surface area contributed by atoms with Crippen molar-refractivity contribution in [1.29, 1.82) is 0 Å². The molecule has 0 spiro atoms. The van der Waals surface area contributed by atoms with E-state index >= 15 is 0 Å². The SMILES string of the molecule is Cc1ccc(N2CC(c3nc4ccccc4n3Cc3c(C)cc(C)cc3C)CC2=O)cc1. The van der Waals surface area contributed by atoms with Crippen LogP contribution in [0.2, 0.25) is 0 Å². The van der Waals surface area contributed by atoms with Gasteiger partial charge in [-0.15, -0.1) is 0 Å². The number of nitrogens with zero attached hydrogens (tertiary/aromatic N) is 3. The summed E-state index contributed by atoms with van der Waals surface area (Å²) in [5.74, 6) is 1.25. The fraction of sp³-hybridized carbons (Fsp3) is 0.286. The van der Waals surface area contributed by atoms with Crippen LogP contribution in [0.1, 0.15) is 46.0 Å². The predicted molar refractivity (Wildman–Crippen MR) is 130 cm³/mol. The molecular formula is C28H29N3O. The molecule has 32 heavy (non-hydrogen) atoms. The van der Waals surface area contributed by atoms with Crippen LogP contribution < -0.4 is 4.90 Å². The Bertz CT molecular complexity index is 1290. The highest BCUT2D eigenvalue weighted by atomic mass is 16.2. The zero-order chi connectivity index (χ0) is 22.4. The van der Waals surface area contributed by atoms with E-state index in [9.17, 15) is 4.79 Å². The molecule has 1 aliphatic rings. The second-order valence-electron chi connectivity index (χ2n) is 9.16. The summed E-state index contributed by atoms with van der Waals surface area (Å²) >= 11 is 0. The first-order chi connectivity index (χ1) is 15.4. The van der Waals surface area contributed by atoms with E-state index < -0.39 is 0 Å². The Hall–Kier alpha value is -3.40. The van der Waals surface area contributed by atoms with Gasteiger partial charge in [-0.3, -0.25) is 4.79 Å². The molecule has 4 nitrogen and oxygen atoms in total. The van der Waals surface area contributed by atoms with Gasteiger partial charge in [-0.1, -0.05) is 47.5 Å². The largest absolute Gasteiger partial charge is 0.323 e. The van der Waals surface area contributed by atoms with Crippen LogP contribution in [0, 0.1) is 27.7 Å². The van der Waals surface area contributed by atoms with Crippen LogP contribution in [0.3, 0.4) is 0 Å². The molecule has 0 radical (unpaired) electrons. The lowest BCUT2D eigenvalue weighted by atomic mass is 9.99. The molecule has 1 aliphatic heterocycles. The Labute approximate surface area is 189 Å². The molecule has 0 saturated carbocycles. The number of fused-ring (bicyclic) bond motifs is 1. The molecule has 1 amide bonds. The summed E-state index contributed by atoms with van der Waals surface area (Å²) in [6.45, 7) is 10.0. The Morgan fingerprint density at radius 1 is 0.906 bits per heavy atom. The van der Waals surface area contributed by atoms with Crippen molar-refractivity contribution in [2.24, 2.45) is 0 Å². The minimum Gasteiger partial charge on any atom is -0.323 e. The van der Waals surface area contributed by atoms with Crippen LogP contribution in [-0.2, 0) is 11.3 Å². The Kier molecular flexibility index (Phi) is 5.09. The summed E-state index contributed by atoms with van der Waals surface area (Å²) in [7, 11) is 0. The molecule has 0 N–H and O–H groups in total. The third kappa shape index (κ3) is 3.60. The highest BCUT2D eigenvalue weighted by Gasteiger charge is 2.35. The number of imidazole rings is 1. The molecule has 3 aromatic carbocycles.